The van der Waals surface area contributed by atoms with Gasteiger partial charge in [-0.25, -0.2) is 0 Å². The minimum Gasteiger partial charge on any atom is -0.257 e. The third kappa shape index (κ3) is 2.79. The highest BCUT2D eigenvalue weighted by atomic mass is 19.4. The normalized spacial score (nSPS) is 12.3. The van der Waals surface area contributed by atoms with Gasteiger partial charge in [0.05, 0.1) is 5.71 Å². The number of hydrogen-bond acceptors (Lipinski definition) is 2. The zero-order valence-corrected chi connectivity index (χ0v) is 8.33. The Morgan fingerprint density at radius 1 is 1.31 bits per heavy atom. The molecule has 0 amide bonds. The molecule has 1 aromatic rings. The fourth-order valence-electron chi connectivity index (χ4n) is 1.06. The van der Waals surface area contributed by atoms with Gasteiger partial charge in [0, 0.05) is 18.0 Å². The number of hydrogen-bond donors (Lipinski definition) is 0. The van der Waals surface area contributed by atoms with E-state index in [9.17, 15) is 13.2 Å². The molecule has 0 spiro atoms. The molecular formula is C11H9F3N2. The van der Waals surface area contributed by atoms with Crippen LogP contribution in [0.1, 0.15) is 11.3 Å². The van der Waals surface area contributed by atoms with Gasteiger partial charge in [-0.3, -0.25) is 9.98 Å². The van der Waals surface area contributed by atoms with Gasteiger partial charge in [0.1, 0.15) is 5.69 Å². The molecule has 2 nitrogen and oxygen atoms in total. The highest BCUT2D eigenvalue weighted by Crippen LogP contribution is 2.27. The summed E-state index contributed by atoms with van der Waals surface area (Å²) in [5, 5.41) is 0. The molecule has 1 rings (SSSR count). The minimum atomic E-state index is -4.43. The van der Waals surface area contributed by atoms with Crippen molar-refractivity contribution in [3.05, 3.63) is 55.0 Å². The monoisotopic (exact) mass is 226 g/mol. The number of aromatic nitrogens is 1. The average molecular weight is 226 g/mol. The van der Waals surface area contributed by atoms with Crippen LogP contribution >= 0.6 is 0 Å². The van der Waals surface area contributed by atoms with Crippen molar-refractivity contribution < 1.29 is 13.2 Å². The van der Waals surface area contributed by atoms with Crippen molar-refractivity contribution >= 4 is 5.71 Å². The molecule has 0 saturated heterocycles. The fourth-order valence-corrected chi connectivity index (χ4v) is 1.06. The van der Waals surface area contributed by atoms with Crippen LogP contribution in [0.3, 0.4) is 0 Å². The Bertz CT molecular complexity index is 416. The van der Waals surface area contributed by atoms with Crippen LogP contribution in [0.2, 0.25) is 0 Å². The summed E-state index contributed by atoms with van der Waals surface area (Å²) in [6.45, 7) is 6.89. The number of allylic oxidation sites excluding steroid dienone is 1. The fraction of sp³-hybridized carbons (Fsp3) is 0.0909. The van der Waals surface area contributed by atoms with Crippen LogP contribution < -0.4 is 0 Å². The first kappa shape index (κ1) is 12.2. The molecule has 5 heteroatoms. The topological polar surface area (TPSA) is 25.2 Å². The number of halogens is 3. The Morgan fingerprint density at radius 3 is 2.38 bits per heavy atom. The molecule has 0 aromatic carbocycles. The van der Waals surface area contributed by atoms with Crippen molar-refractivity contribution in [2.75, 3.05) is 0 Å². The highest BCUT2D eigenvalue weighted by molar-refractivity contribution is 6.08. The van der Waals surface area contributed by atoms with Crippen molar-refractivity contribution in [1.29, 1.82) is 0 Å². The zero-order chi connectivity index (χ0) is 12.2. The van der Waals surface area contributed by atoms with Crippen LogP contribution in [0.4, 0.5) is 13.2 Å². The van der Waals surface area contributed by atoms with E-state index in [1.165, 1.54) is 18.3 Å². The van der Waals surface area contributed by atoms with E-state index in [0.717, 1.165) is 12.3 Å². The second kappa shape index (κ2) is 4.74. The molecule has 0 atom stereocenters. The molecule has 0 radical (unpaired) electrons. The van der Waals surface area contributed by atoms with E-state index in [4.69, 9.17) is 0 Å². The Morgan fingerprint density at radius 2 is 2.00 bits per heavy atom. The maximum Gasteiger partial charge on any atom is 0.433 e. The van der Waals surface area contributed by atoms with Crippen LogP contribution in [-0.4, -0.2) is 10.7 Å². The van der Waals surface area contributed by atoms with Crippen LogP contribution in [0.5, 0.6) is 0 Å². The van der Waals surface area contributed by atoms with Crippen molar-refractivity contribution in [2.24, 2.45) is 4.99 Å². The molecule has 84 valence electrons. The maximum absolute atomic E-state index is 12.2. The number of alkyl halides is 3. The lowest BCUT2D eigenvalue weighted by Gasteiger charge is -2.06. The summed E-state index contributed by atoms with van der Waals surface area (Å²) in [5.41, 5.74) is -0.0441. The Hall–Kier alpha value is -1.91. The lowest BCUT2D eigenvalue weighted by Crippen LogP contribution is -2.08. The molecule has 0 bridgehead atoms. The zero-order valence-electron chi connectivity index (χ0n) is 8.33. The number of pyridine rings is 1. The Labute approximate surface area is 90.9 Å². The van der Waals surface area contributed by atoms with Crippen molar-refractivity contribution in [2.45, 2.75) is 6.18 Å². The highest BCUT2D eigenvalue weighted by Gasteiger charge is 2.32. The summed E-state index contributed by atoms with van der Waals surface area (Å²) < 4.78 is 36.7. The summed E-state index contributed by atoms with van der Waals surface area (Å²) >= 11 is 0. The van der Waals surface area contributed by atoms with Gasteiger partial charge in [0.2, 0.25) is 0 Å². The van der Waals surface area contributed by atoms with Crippen molar-refractivity contribution in [3.63, 3.8) is 0 Å². The SMILES string of the molecule is C=CN=C(C=C)c1ccc(C(F)(F)F)nc1. The third-order valence-corrected chi connectivity index (χ3v) is 1.77. The molecule has 16 heavy (non-hydrogen) atoms. The molecule has 0 N–H and O–H groups in total. The van der Waals surface area contributed by atoms with Gasteiger partial charge < -0.3 is 0 Å². The minimum absolute atomic E-state index is 0.427. The van der Waals surface area contributed by atoms with E-state index >= 15 is 0 Å². The largest absolute Gasteiger partial charge is 0.433 e. The first-order chi connectivity index (χ1) is 7.49. The van der Waals surface area contributed by atoms with Gasteiger partial charge >= 0.3 is 6.18 Å². The molecule has 0 aliphatic carbocycles. The van der Waals surface area contributed by atoms with E-state index in [0.29, 0.717) is 11.3 Å². The lowest BCUT2D eigenvalue weighted by atomic mass is 10.1. The van der Waals surface area contributed by atoms with E-state index in [1.807, 2.05) is 0 Å². The van der Waals surface area contributed by atoms with Crippen LogP contribution in [-0.2, 0) is 6.18 Å². The van der Waals surface area contributed by atoms with Crippen LogP contribution in [0, 0.1) is 0 Å². The van der Waals surface area contributed by atoms with Gasteiger partial charge in [0.15, 0.2) is 0 Å². The summed E-state index contributed by atoms with van der Waals surface area (Å²) in [6.07, 6.45) is -0.615. The third-order valence-electron chi connectivity index (χ3n) is 1.77. The van der Waals surface area contributed by atoms with Gasteiger partial charge in [-0.05, 0) is 18.2 Å². The number of rotatable bonds is 3. The summed E-state index contributed by atoms with van der Waals surface area (Å²) in [5.74, 6) is 0. The molecule has 0 fully saturated rings. The van der Waals surface area contributed by atoms with E-state index < -0.39 is 11.9 Å². The van der Waals surface area contributed by atoms with Gasteiger partial charge in [-0.15, -0.1) is 0 Å². The molecule has 0 saturated carbocycles. The second-order valence-corrected chi connectivity index (χ2v) is 2.83. The Kier molecular flexibility index (Phi) is 3.60. The van der Waals surface area contributed by atoms with Crippen LogP contribution in [0.25, 0.3) is 0 Å². The first-order valence-electron chi connectivity index (χ1n) is 4.34. The van der Waals surface area contributed by atoms with Crippen LogP contribution in [0.15, 0.2) is 48.8 Å². The summed E-state index contributed by atoms with van der Waals surface area (Å²) in [7, 11) is 0. The molecule has 0 unspecified atom stereocenters. The molecule has 1 aromatic heterocycles. The van der Waals surface area contributed by atoms with E-state index in [-0.39, 0.29) is 0 Å². The first-order valence-corrected chi connectivity index (χ1v) is 4.34. The Balaban J connectivity index is 3.08. The quantitative estimate of drug-likeness (QED) is 0.726. The molecule has 0 aliphatic rings. The lowest BCUT2D eigenvalue weighted by molar-refractivity contribution is -0.141. The van der Waals surface area contributed by atoms with Gasteiger partial charge in [-0.1, -0.05) is 13.2 Å². The smallest absolute Gasteiger partial charge is 0.257 e. The average Bonchev–Trinajstić information content (AvgIpc) is 2.25. The predicted molar refractivity (Wildman–Crippen MR) is 56.2 cm³/mol. The van der Waals surface area contributed by atoms with Crippen molar-refractivity contribution in [1.82, 2.24) is 4.98 Å². The van der Waals surface area contributed by atoms with Crippen molar-refractivity contribution in [3.8, 4) is 0 Å². The van der Waals surface area contributed by atoms with Gasteiger partial charge in [0.25, 0.3) is 0 Å². The maximum atomic E-state index is 12.2. The summed E-state index contributed by atoms with van der Waals surface area (Å²) in [4.78, 5) is 7.16. The standard InChI is InChI=1S/C11H9F3N2/c1-3-9(15-4-2)8-5-6-10(16-7-8)11(12,13)14/h3-7H,1-2H2. The second-order valence-electron chi connectivity index (χ2n) is 2.83. The molecular weight excluding hydrogens is 217 g/mol. The molecule has 0 aliphatic heterocycles. The van der Waals surface area contributed by atoms with E-state index in [2.05, 4.69) is 23.1 Å². The number of nitrogens with zero attached hydrogens (tertiary/aromatic N) is 2. The molecule has 1 heterocycles. The van der Waals surface area contributed by atoms with Gasteiger partial charge in [-0.2, -0.15) is 13.2 Å². The number of aliphatic imine (C=N–C) groups is 1. The van der Waals surface area contributed by atoms with E-state index in [1.54, 1.807) is 0 Å². The predicted octanol–water partition coefficient (Wildman–Crippen LogP) is 3.22. The summed E-state index contributed by atoms with van der Waals surface area (Å²) in [6, 6.07) is 2.19.